The molecule has 1 aliphatic heterocycles. The number of aliphatic hydroxyl groups excluding tert-OH is 1. The summed E-state index contributed by atoms with van der Waals surface area (Å²) in [7, 11) is 2.99. The van der Waals surface area contributed by atoms with Gasteiger partial charge in [0.25, 0.3) is 5.56 Å². The van der Waals surface area contributed by atoms with Gasteiger partial charge in [-0.2, -0.15) is 13.2 Å². The fourth-order valence-electron chi connectivity index (χ4n) is 5.04. The number of halogens is 3. The molecule has 14 nitrogen and oxygen atoms in total. The Morgan fingerprint density at radius 2 is 1.65 bits per heavy atom. The normalized spacial score (nSPS) is 14.4. The monoisotopic (exact) mass is 647 g/mol. The van der Waals surface area contributed by atoms with Gasteiger partial charge in [-0.3, -0.25) is 24.9 Å². The number of H-pyrrole nitrogens is 1. The van der Waals surface area contributed by atoms with Crippen LogP contribution in [0.5, 0.6) is 23.0 Å². The van der Waals surface area contributed by atoms with Crippen LogP contribution in [0.25, 0.3) is 21.8 Å². The molecule has 0 aliphatic carbocycles. The van der Waals surface area contributed by atoms with Crippen molar-refractivity contribution in [3.63, 3.8) is 0 Å². The van der Waals surface area contributed by atoms with Crippen molar-refractivity contribution in [2.45, 2.75) is 13.1 Å². The van der Waals surface area contributed by atoms with Crippen molar-refractivity contribution in [3.8, 4) is 23.0 Å². The molecule has 5 rings (SSSR count). The second-order valence-corrected chi connectivity index (χ2v) is 10.3. The molecule has 46 heavy (non-hydrogen) atoms. The molecule has 0 saturated carbocycles. The van der Waals surface area contributed by atoms with Crippen molar-refractivity contribution in [3.05, 3.63) is 40.3 Å². The van der Waals surface area contributed by atoms with Gasteiger partial charge in [0.2, 0.25) is 11.9 Å². The minimum absolute atomic E-state index is 0.0440. The number of esters is 1. The standard InChI is InChI=1S/C29H32F3N7O7/c1-16-17-14-21(43-2)22(44-3)15-19(17)35-27(33-16)37-28-34-18-4-5-20(45-13-11-39-8-6-38(7-9-39)10-12-40)24(23(18)25(41)36-28)46-26(42)29(30,31)32/h4-5,14-15,40H,6-13H2,1-3H3,(H2,33,34,35,36,37,41). The first-order chi connectivity index (χ1) is 22.0. The molecular weight excluding hydrogens is 615 g/mol. The van der Waals surface area contributed by atoms with Gasteiger partial charge in [0.05, 0.1) is 37.6 Å². The first-order valence-electron chi connectivity index (χ1n) is 14.2. The number of hydrogen-bond donors (Lipinski definition) is 3. The Balaban J connectivity index is 1.42. The number of carbonyl (C=O) groups excluding carboxylic acids is 1. The maximum atomic E-state index is 13.3. The van der Waals surface area contributed by atoms with E-state index in [1.807, 2.05) is 0 Å². The van der Waals surface area contributed by atoms with E-state index in [1.165, 1.54) is 26.4 Å². The third kappa shape index (κ3) is 7.21. The number of piperazine rings is 1. The molecule has 0 spiro atoms. The molecule has 246 valence electrons. The number of anilines is 2. The molecule has 1 saturated heterocycles. The van der Waals surface area contributed by atoms with E-state index in [0.29, 0.717) is 54.3 Å². The van der Waals surface area contributed by atoms with Crippen molar-refractivity contribution in [1.82, 2.24) is 29.7 Å². The maximum absolute atomic E-state index is 13.3. The van der Waals surface area contributed by atoms with Gasteiger partial charge in [-0.1, -0.05) is 0 Å². The fraction of sp³-hybridized carbons (Fsp3) is 0.414. The summed E-state index contributed by atoms with van der Waals surface area (Å²) in [5.41, 5.74) is 0.108. The maximum Gasteiger partial charge on any atom is 0.491 e. The van der Waals surface area contributed by atoms with Crippen LogP contribution < -0.4 is 29.8 Å². The van der Waals surface area contributed by atoms with Gasteiger partial charge in [0.1, 0.15) is 12.0 Å². The lowest BCUT2D eigenvalue weighted by Gasteiger charge is -2.34. The highest BCUT2D eigenvalue weighted by Gasteiger charge is 2.42. The number of benzene rings is 2. The van der Waals surface area contributed by atoms with Crippen molar-refractivity contribution < 1.29 is 42.0 Å². The average molecular weight is 648 g/mol. The summed E-state index contributed by atoms with van der Waals surface area (Å²) in [6, 6.07) is 6.04. The molecule has 4 aromatic rings. The van der Waals surface area contributed by atoms with E-state index >= 15 is 0 Å². The number of aromatic amines is 1. The van der Waals surface area contributed by atoms with Gasteiger partial charge >= 0.3 is 12.1 Å². The number of hydrogen-bond acceptors (Lipinski definition) is 13. The zero-order valence-corrected chi connectivity index (χ0v) is 25.2. The quantitative estimate of drug-likeness (QED) is 0.161. The van der Waals surface area contributed by atoms with Crippen LogP contribution >= 0.6 is 0 Å². The third-order valence-corrected chi connectivity index (χ3v) is 7.39. The Hall–Kier alpha value is -4.74. The first kappa shape index (κ1) is 32.6. The highest BCUT2D eigenvalue weighted by Crippen LogP contribution is 2.36. The number of rotatable bonds is 11. The number of nitrogens with one attached hydrogen (secondary N) is 2. The Kier molecular flexibility index (Phi) is 9.74. The third-order valence-electron chi connectivity index (χ3n) is 7.39. The van der Waals surface area contributed by atoms with Gasteiger partial charge in [0, 0.05) is 50.7 Å². The van der Waals surface area contributed by atoms with E-state index in [9.17, 15) is 22.8 Å². The number of aryl methyl sites for hydroxylation is 1. The molecule has 0 atom stereocenters. The molecule has 3 N–H and O–H groups in total. The Morgan fingerprint density at radius 3 is 2.30 bits per heavy atom. The summed E-state index contributed by atoms with van der Waals surface area (Å²) >= 11 is 0. The number of carbonyl (C=O) groups is 1. The van der Waals surface area contributed by atoms with Crippen LogP contribution in [0.15, 0.2) is 29.1 Å². The van der Waals surface area contributed by atoms with Gasteiger partial charge in [0.15, 0.2) is 23.0 Å². The number of ether oxygens (including phenoxy) is 4. The number of nitrogens with zero attached hydrogens (tertiary/aromatic N) is 5. The van der Waals surface area contributed by atoms with Crippen LogP contribution in [0.1, 0.15) is 5.69 Å². The molecule has 2 aromatic heterocycles. The summed E-state index contributed by atoms with van der Waals surface area (Å²) in [5, 5.41) is 12.2. The zero-order chi connectivity index (χ0) is 33.0. The predicted molar refractivity (Wildman–Crippen MR) is 160 cm³/mol. The zero-order valence-electron chi connectivity index (χ0n) is 25.2. The lowest BCUT2D eigenvalue weighted by molar-refractivity contribution is -0.189. The van der Waals surface area contributed by atoms with E-state index in [2.05, 4.69) is 35.1 Å². The summed E-state index contributed by atoms with van der Waals surface area (Å²) in [5.74, 6) is -2.55. The predicted octanol–water partition coefficient (Wildman–Crippen LogP) is 2.39. The van der Waals surface area contributed by atoms with E-state index < -0.39 is 28.8 Å². The van der Waals surface area contributed by atoms with Crippen LogP contribution in [0.2, 0.25) is 0 Å². The first-order valence-corrected chi connectivity index (χ1v) is 14.2. The summed E-state index contributed by atoms with van der Waals surface area (Å²) in [4.78, 5) is 44.9. The van der Waals surface area contributed by atoms with E-state index in [-0.39, 0.29) is 36.4 Å². The highest BCUT2D eigenvalue weighted by atomic mass is 19.4. The number of aromatic nitrogens is 4. The van der Waals surface area contributed by atoms with E-state index in [1.54, 1.807) is 19.1 Å². The van der Waals surface area contributed by atoms with Crippen LogP contribution in [0.3, 0.4) is 0 Å². The summed E-state index contributed by atoms with van der Waals surface area (Å²) in [6.45, 7) is 5.77. The minimum Gasteiger partial charge on any atom is -0.493 e. The number of β-amino-alcohol motifs (C(OH)–C–C–N with tert-alkyl or cyclic N) is 1. The minimum atomic E-state index is -5.33. The Bertz CT molecular complexity index is 1790. The smallest absolute Gasteiger partial charge is 0.491 e. The number of alkyl halides is 3. The molecule has 3 heterocycles. The van der Waals surface area contributed by atoms with Crippen LogP contribution in [0, 0.1) is 6.92 Å². The van der Waals surface area contributed by atoms with Gasteiger partial charge in [-0.05, 0) is 25.1 Å². The van der Waals surface area contributed by atoms with Crippen molar-refractivity contribution in [2.24, 2.45) is 0 Å². The topological polar surface area (TPSA) is 164 Å². The second-order valence-electron chi connectivity index (χ2n) is 10.3. The number of fused-ring (bicyclic) bond motifs is 2. The van der Waals surface area contributed by atoms with Crippen molar-refractivity contribution in [1.29, 1.82) is 0 Å². The molecule has 0 unspecified atom stereocenters. The Labute approximate surface area is 260 Å². The molecule has 1 aliphatic rings. The van der Waals surface area contributed by atoms with Gasteiger partial charge in [-0.25, -0.2) is 19.7 Å². The van der Waals surface area contributed by atoms with Crippen LogP contribution in [-0.2, 0) is 4.79 Å². The molecular formula is C29H32F3N7O7. The van der Waals surface area contributed by atoms with Gasteiger partial charge < -0.3 is 24.1 Å². The summed E-state index contributed by atoms with van der Waals surface area (Å²) < 4.78 is 60.7. The molecule has 2 aromatic carbocycles. The number of aliphatic hydroxyl groups is 1. The largest absolute Gasteiger partial charge is 0.493 e. The lowest BCUT2D eigenvalue weighted by Crippen LogP contribution is -2.48. The van der Waals surface area contributed by atoms with Crippen LogP contribution in [-0.4, -0.2) is 114 Å². The Morgan fingerprint density at radius 1 is 0.978 bits per heavy atom. The SMILES string of the molecule is COc1cc2nc(Nc3nc4ccc(OCCN5CCN(CCO)CC5)c(OC(=O)C(F)(F)F)c4c(=O)[nH]3)nc(C)c2cc1OC. The lowest BCUT2D eigenvalue weighted by atomic mass is 10.1. The molecule has 1 fully saturated rings. The van der Waals surface area contributed by atoms with E-state index in [4.69, 9.17) is 24.1 Å². The molecule has 0 amide bonds. The average Bonchev–Trinajstić information content (AvgIpc) is 3.01. The number of methoxy groups -OCH3 is 2. The van der Waals surface area contributed by atoms with Crippen LogP contribution in [0.4, 0.5) is 25.1 Å². The molecule has 0 bridgehead atoms. The fourth-order valence-corrected chi connectivity index (χ4v) is 5.04. The highest BCUT2D eigenvalue weighted by molar-refractivity contribution is 5.91. The molecule has 17 heteroatoms. The summed E-state index contributed by atoms with van der Waals surface area (Å²) in [6.07, 6.45) is -5.33. The molecule has 0 radical (unpaired) electrons. The second kappa shape index (κ2) is 13.7. The van der Waals surface area contributed by atoms with E-state index in [0.717, 1.165) is 13.1 Å². The van der Waals surface area contributed by atoms with Crippen molar-refractivity contribution in [2.75, 3.05) is 72.0 Å². The van der Waals surface area contributed by atoms with Crippen molar-refractivity contribution >= 4 is 39.7 Å². The van der Waals surface area contributed by atoms with Gasteiger partial charge in [-0.15, -0.1) is 0 Å².